The predicted molar refractivity (Wildman–Crippen MR) is 134 cm³/mol. The van der Waals surface area contributed by atoms with E-state index in [-0.39, 0.29) is 23.6 Å². The molecule has 7 heteroatoms. The minimum absolute atomic E-state index is 0.0241. The first kappa shape index (κ1) is 24.1. The number of rotatable bonds is 6. The van der Waals surface area contributed by atoms with Gasteiger partial charge in [0.1, 0.15) is 5.75 Å². The number of anilines is 1. The number of aromatic nitrogens is 1. The quantitative estimate of drug-likeness (QED) is 0.447. The molecule has 6 nitrogen and oxygen atoms in total. The molecule has 180 valence electrons. The lowest BCUT2D eigenvalue weighted by Gasteiger charge is -2.33. The number of ether oxygens (including phenoxy) is 1. The Balaban J connectivity index is 1.37. The van der Waals surface area contributed by atoms with Gasteiger partial charge in [-0.1, -0.05) is 6.07 Å². The molecule has 2 heterocycles. The number of aryl methyl sites for hydroxylation is 1. The number of hydrogen-bond donors (Lipinski definition) is 1. The van der Waals surface area contributed by atoms with Gasteiger partial charge in [0.2, 0.25) is 5.91 Å². The second-order valence-electron chi connectivity index (χ2n) is 8.68. The molecule has 1 N–H and O–H groups in total. The van der Waals surface area contributed by atoms with E-state index in [4.69, 9.17) is 4.74 Å². The van der Waals surface area contributed by atoms with Crippen molar-refractivity contribution in [2.45, 2.75) is 39.2 Å². The number of likely N-dealkylation sites (tertiary alicyclic amines) is 1. The summed E-state index contributed by atoms with van der Waals surface area (Å²) in [6.07, 6.45) is 9.17. The number of carbonyl (C=O) groups is 2. The molecule has 0 spiro atoms. The largest absolute Gasteiger partial charge is 0.453 e. The standard InChI is InChI=1S/C28H28FN3O3/c1-19-16-22(28(34)32-15-4-3-6-20(32)2)10-11-25(19)31-27(33)13-9-21-8-12-26(24(29)17-21)35-23-7-5-14-30-18-23/h5,7-14,16-18,20H,3-4,6,15H2,1-2H3,(H,31,33)/b13-9+. The Morgan fingerprint density at radius 1 is 1.17 bits per heavy atom. The van der Waals surface area contributed by atoms with Crippen LogP contribution in [0.1, 0.15) is 47.7 Å². The molecule has 1 fully saturated rings. The highest BCUT2D eigenvalue weighted by atomic mass is 19.1. The van der Waals surface area contributed by atoms with Crippen LogP contribution in [0.3, 0.4) is 0 Å². The van der Waals surface area contributed by atoms with Crippen LogP contribution in [-0.2, 0) is 4.79 Å². The molecule has 2 amide bonds. The fourth-order valence-electron chi connectivity index (χ4n) is 4.09. The first-order valence-corrected chi connectivity index (χ1v) is 11.7. The lowest BCUT2D eigenvalue weighted by molar-refractivity contribution is -0.111. The Kier molecular flexibility index (Phi) is 7.55. The predicted octanol–water partition coefficient (Wildman–Crippen LogP) is 5.99. The molecule has 1 atom stereocenters. The summed E-state index contributed by atoms with van der Waals surface area (Å²) in [5.41, 5.74) is 2.55. The van der Waals surface area contributed by atoms with Crippen molar-refractivity contribution in [3.8, 4) is 11.5 Å². The third-order valence-electron chi connectivity index (χ3n) is 6.04. The summed E-state index contributed by atoms with van der Waals surface area (Å²) in [5, 5.41) is 2.82. The number of nitrogens with one attached hydrogen (secondary N) is 1. The van der Waals surface area contributed by atoms with E-state index in [1.807, 2.05) is 11.8 Å². The van der Waals surface area contributed by atoms with E-state index in [9.17, 15) is 14.0 Å². The highest BCUT2D eigenvalue weighted by Gasteiger charge is 2.24. The van der Waals surface area contributed by atoms with Crippen molar-refractivity contribution in [1.82, 2.24) is 9.88 Å². The third-order valence-corrected chi connectivity index (χ3v) is 6.04. The van der Waals surface area contributed by atoms with Gasteiger partial charge in [0, 0.05) is 36.1 Å². The van der Waals surface area contributed by atoms with Crippen molar-refractivity contribution in [2.75, 3.05) is 11.9 Å². The van der Waals surface area contributed by atoms with Gasteiger partial charge in [-0.05, 0) is 92.8 Å². The molecule has 0 radical (unpaired) electrons. The fraction of sp³-hybridized carbons (Fsp3) is 0.250. The molecule has 3 aromatic rings. The first-order chi connectivity index (χ1) is 16.9. The van der Waals surface area contributed by atoms with Crippen LogP contribution in [0.15, 0.2) is 67.0 Å². The van der Waals surface area contributed by atoms with Crippen molar-refractivity contribution < 1.29 is 18.7 Å². The number of hydrogen-bond acceptors (Lipinski definition) is 4. The number of carbonyl (C=O) groups excluding carboxylic acids is 2. The molecule has 4 rings (SSSR count). The average Bonchev–Trinajstić information content (AvgIpc) is 2.86. The molecule has 0 aliphatic carbocycles. The highest BCUT2D eigenvalue weighted by Crippen LogP contribution is 2.25. The van der Waals surface area contributed by atoms with Crippen LogP contribution in [-0.4, -0.2) is 34.3 Å². The molecule has 0 saturated carbocycles. The number of amides is 2. The topological polar surface area (TPSA) is 71.5 Å². The SMILES string of the molecule is Cc1cc(C(=O)N2CCCCC2C)ccc1NC(=O)/C=C/c1ccc(Oc2cccnc2)c(F)c1. The molecule has 0 bridgehead atoms. The van der Waals surface area contributed by atoms with Crippen LogP contribution >= 0.6 is 0 Å². The Labute approximate surface area is 204 Å². The van der Waals surface area contributed by atoms with Crippen LogP contribution < -0.4 is 10.1 Å². The van der Waals surface area contributed by atoms with Crippen molar-refractivity contribution in [1.29, 1.82) is 0 Å². The summed E-state index contributed by atoms with van der Waals surface area (Å²) in [4.78, 5) is 31.2. The zero-order chi connectivity index (χ0) is 24.8. The van der Waals surface area contributed by atoms with Crippen LogP contribution in [0, 0.1) is 12.7 Å². The van der Waals surface area contributed by atoms with Crippen LogP contribution in [0.25, 0.3) is 6.08 Å². The second kappa shape index (κ2) is 11.0. The Hall–Kier alpha value is -4.00. The van der Waals surface area contributed by atoms with Crippen LogP contribution in [0.5, 0.6) is 11.5 Å². The molecule has 1 aliphatic heterocycles. The molecule has 1 unspecified atom stereocenters. The number of benzene rings is 2. The molecule has 2 aromatic carbocycles. The average molecular weight is 474 g/mol. The minimum atomic E-state index is -0.546. The Morgan fingerprint density at radius 3 is 2.74 bits per heavy atom. The Bertz CT molecular complexity index is 1240. The molecule has 35 heavy (non-hydrogen) atoms. The normalized spacial score (nSPS) is 15.7. The lowest BCUT2D eigenvalue weighted by atomic mass is 10.0. The van der Waals surface area contributed by atoms with Gasteiger partial charge >= 0.3 is 0 Å². The zero-order valence-corrected chi connectivity index (χ0v) is 19.8. The number of piperidine rings is 1. The maximum atomic E-state index is 14.4. The number of pyridine rings is 1. The maximum absolute atomic E-state index is 14.4. The summed E-state index contributed by atoms with van der Waals surface area (Å²) in [5.74, 6) is -0.370. The van der Waals surface area contributed by atoms with Gasteiger partial charge < -0.3 is 15.0 Å². The van der Waals surface area contributed by atoms with E-state index < -0.39 is 5.82 Å². The van der Waals surface area contributed by atoms with Crippen molar-refractivity contribution in [2.24, 2.45) is 0 Å². The van der Waals surface area contributed by atoms with E-state index in [1.54, 1.807) is 42.6 Å². The Morgan fingerprint density at radius 2 is 2.03 bits per heavy atom. The third kappa shape index (κ3) is 6.12. The summed E-state index contributed by atoms with van der Waals surface area (Å²) >= 11 is 0. The monoisotopic (exact) mass is 473 g/mol. The highest BCUT2D eigenvalue weighted by molar-refractivity contribution is 6.03. The van der Waals surface area contributed by atoms with Gasteiger partial charge in [-0.3, -0.25) is 14.6 Å². The van der Waals surface area contributed by atoms with E-state index in [0.29, 0.717) is 22.6 Å². The van der Waals surface area contributed by atoms with E-state index in [1.165, 1.54) is 30.5 Å². The van der Waals surface area contributed by atoms with Crippen molar-refractivity contribution in [3.63, 3.8) is 0 Å². The molecule has 1 aliphatic rings. The van der Waals surface area contributed by atoms with Crippen molar-refractivity contribution >= 4 is 23.6 Å². The first-order valence-electron chi connectivity index (χ1n) is 11.7. The molecule has 1 aromatic heterocycles. The maximum Gasteiger partial charge on any atom is 0.254 e. The van der Waals surface area contributed by atoms with E-state index in [2.05, 4.69) is 17.2 Å². The zero-order valence-electron chi connectivity index (χ0n) is 19.8. The van der Waals surface area contributed by atoms with E-state index >= 15 is 0 Å². The molecular formula is C28H28FN3O3. The van der Waals surface area contributed by atoms with Crippen molar-refractivity contribution in [3.05, 3.63) is 89.5 Å². The smallest absolute Gasteiger partial charge is 0.254 e. The van der Waals surface area contributed by atoms with Crippen LogP contribution in [0.2, 0.25) is 0 Å². The summed E-state index contributed by atoms with van der Waals surface area (Å²) in [6, 6.07) is 13.4. The molecule has 1 saturated heterocycles. The van der Waals surface area contributed by atoms with Crippen LogP contribution in [0.4, 0.5) is 10.1 Å². The van der Waals surface area contributed by atoms with Gasteiger partial charge in [-0.15, -0.1) is 0 Å². The van der Waals surface area contributed by atoms with Gasteiger partial charge in [0.15, 0.2) is 11.6 Å². The summed E-state index contributed by atoms with van der Waals surface area (Å²) in [7, 11) is 0. The second-order valence-corrected chi connectivity index (χ2v) is 8.68. The number of halogens is 1. The lowest BCUT2D eigenvalue weighted by Crippen LogP contribution is -2.42. The summed E-state index contributed by atoms with van der Waals surface area (Å²) in [6.45, 7) is 4.71. The van der Waals surface area contributed by atoms with Gasteiger partial charge in [-0.2, -0.15) is 0 Å². The minimum Gasteiger partial charge on any atom is -0.453 e. The number of nitrogens with zero attached hydrogens (tertiary/aromatic N) is 2. The van der Waals surface area contributed by atoms with Gasteiger partial charge in [0.25, 0.3) is 5.91 Å². The summed E-state index contributed by atoms with van der Waals surface area (Å²) < 4.78 is 19.9. The molecular weight excluding hydrogens is 445 g/mol. The van der Waals surface area contributed by atoms with Gasteiger partial charge in [-0.25, -0.2) is 4.39 Å². The van der Waals surface area contributed by atoms with Gasteiger partial charge in [0.05, 0.1) is 6.20 Å². The fourth-order valence-corrected chi connectivity index (χ4v) is 4.09. The van der Waals surface area contributed by atoms with E-state index in [0.717, 1.165) is 31.4 Å².